The monoisotopic (exact) mass is 356 g/mol. The average molecular weight is 357 g/mol. The molecule has 0 amide bonds. The van der Waals surface area contributed by atoms with Crippen molar-refractivity contribution in [3.63, 3.8) is 0 Å². The number of likely N-dealkylation sites (tertiary alicyclic amines) is 1. The molecule has 0 bridgehead atoms. The second-order valence-electron chi connectivity index (χ2n) is 8.50. The second-order valence-corrected chi connectivity index (χ2v) is 8.50. The lowest BCUT2D eigenvalue weighted by molar-refractivity contribution is -0.146. The summed E-state index contributed by atoms with van der Waals surface area (Å²) in [6.07, 6.45) is 5.72. The summed E-state index contributed by atoms with van der Waals surface area (Å²) in [7, 11) is 1.52. The highest BCUT2D eigenvalue weighted by molar-refractivity contribution is 5.70. The maximum atomic E-state index is 12.2. The van der Waals surface area contributed by atoms with Gasteiger partial charge in [0.15, 0.2) is 0 Å². The topological polar surface area (TPSA) is 32.8 Å². The van der Waals surface area contributed by atoms with Crippen LogP contribution in [0.1, 0.15) is 43.2 Å². The Balaban J connectivity index is 1.59. The Labute approximate surface area is 157 Å². The number of hydrogen-bond acceptors (Lipinski definition) is 4. The van der Waals surface area contributed by atoms with Gasteiger partial charge in [0.25, 0.3) is 0 Å². The van der Waals surface area contributed by atoms with E-state index in [0.29, 0.717) is 24.4 Å². The molecule has 4 atom stereocenters. The molecule has 26 heavy (non-hydrogen) atoms. The summed E-state index contributed by atoms with van der Waals surface area (Å²) in [5.41, 5.74) is 2.65. The summed E-state index contributed by atoms with van der Waals surface area (Å²) in [5.74, 6) is 1.30. The molecule has 0 aliphatic carbocycles. The Morgan fingerprint density at radius 2 is 1.88 bits per heavy atom. The first-order valence-corrected chi connectivity index (χ1v) is 10.3. The van der Waals surface area contributed by atoms with E-state index in [-0.39, 0.29) is 5.97 Å². The molecule has 0 radical (unpaired) electrons. The SMILES string of the molecule is COC(=O)C[C@@H]1[C@H]2CCCN3CCC[C@@H](CN1Cc1ccc(C)cc1)[C@@H]23. The number of benzene rings is 1. The largest absolute Gasteiger partial charge is 0.469 e. The molecule has 0 aromatic heterocycles. The number of methoxy groups -OCH3 is 1. The minimum Gasteiger partial charge on any atom is -0.469 e. The second kappa shape index (κ2) is 7.69. The van der Waals surface area contributed by atoms with Gasteiger partial charge in [0, 0.05) is 25.2 Å². The third-order valence-electron chi connectivity index (χ3n) is 6.89. The first-order chi connectivity index (χ1) is 12.7. The Hall–Kier alpha value is -1.39. The zero-order valence-electron chi connectivity index (χ0n) is 16.2. The summed E-state index contributed by atoms with van der Waals surface area (Å²) in [6, 6.07) is 9.86. The van der Waals surface area contributed by atoms with Crippen molar-refractivity contribution in [3.8, 4) is 0 Å². The highest BCUT2D eigenvalue weighted by atomic mass is 16.5. The van der Waals surface area contributed by atoms with E-state index >= 15 is 0 Å². The van der Waals surface area contributed by atoms with Crippen LogP contribution in [0.3, 0.4) is 0 Å². The zero-order chi connectivity index (χ0) is 18.1. The molecular formula is C22H32N2O2. The van der Waals surface area contributed by atoms with Gasteiger partial charge in [0.1, 0.15) is 0 Å². The summed E-state index contributed by atoms with van der Waals surface area (Å²) >= 11 is 0. The van der Waals surface area contributed by atoms with Crippen molar-refractivity contribution in [1.82, 2.24) is 9.80 Å². The molecule has 4 nitrogen and oxygen atoms in total. The molecule has 0 N–H and O–H groups in total. The third kappa shape index (κ3) is 3.54. The van der Waals surface area contributed by atoms with Crippen molar-refractivity contribution in [1.29, 1.82) is 0 Å². The van der Waals surface area contributed by atoms with Gasteiger partial charge in [0.05, 0.1) is 13.5 Å². The molecule has 1 aromatic rings. The van der Waals surface area contributed by atoms with Crippen molar-refractivity contribution in [2.45, 2.75) is 57.7 Å². The fourth-order valence-electron chi connectivity index (χ4n) is 5.73. The molecule has 142 valence electrons. The maximum Gasteiger partial charge on any atom is 0.307 e. The van der Waals surface area contributed by atoms with Crippen LogP contribution < -0.4 is 0 Å². The molecule has 3 heterocycles. The lowest BCUT2D eigenvalue weighted by atomic mass is 9.69. The van der Waals surface area contributed by atoms with E-state index in [2.05, 4.69) is 41.0 Å². The van der Waals surface area contributed by atoms with E-state index in [0.717, 1.165) is 19.0 Å². The van der Waals surface area contributed by atoms with Gasteiger partial charge in [-0.05, 0) is 63.1 Å². The molecule has 0 spiro atoms. The molecule has 4 heteroatoms. The summed E-state index contributed by atoms with van der Waals surface area (Å²) in [5, 5.41) is 0. The van der Waals surface area contributed by atoms with Gasteiger partial charge in [-0.2, -0.15) is 0 Å². The standard InChI is InChI=1S/C22H32N2O2/c1-16-7-9-17(10-8-16)14-24-15-18-5-3-11-23-12-4-6-19(22(18)23)20(24)13-21(25)26-2/h7-10,18-20,22H,3-6,11-15H2,1-2H3/t18-,19+,20+,22-/m0/s1. The fourth-order valence-corrected chi connectivity index (χ4v) is 5.73. The quantitative estimate of drug-likeness (QED) is 0.776. The highest BCUT2D eigenvalue weighted by Crippen LogP contribution is 2.43. The number of hydrogen-bond donors (Lipinski definition) is 0. The van der Waals surface area contributed by atoms with Gasteiger partial charge in [-0.3, -0.25) is 14.6 Å². The van der Waals surface area contributed by atoms with Crippen molar-refractivity contribution in [2.24, 2.45) is 11.8 Å². The van der Waals surface area contributed by atoms with Crippen LogP contribution in [0.15, 0.2) is 24.3 Å². The lowest BCUT2D eigenvalue weighted by Crippen LogP contribution is -2.64. The minimum absolute atomic E-state index is 0.0599. The fraction of sp³-hybridized carbons (Fsp3) is 0.682. The van der Waals surface area contributed by atoms with Crippen LogP contribution in [-0.4, -0.2) is 54.6 Å². The summed E-state index contributed by atoms with van der Waals surface area (Å²) < 4.78 is 5.06. The van der Waals surface area contributed by atoms with E-state index in [1.165, 1.54) is 57.0 Å². The molecule has 0 saturated carbocycles. The van der Waals surface area contributed by atoms with E-state index in [9.17, 15) is 4.79 Å². The van der Waals surface area contributed by atoms with Gasteiger partial charge in [-0.1, -0.05) is 29.8 Å². The highest BCUT2D eigenvalue weighted by Gasteiger charge is 2.48. The molecule has 0 unspecified atom stereocenters. The van der Waals surface area contributed by atoms with E-state index in [1.54, 1.807) is 0 Å². The molecular weight excluding hydrogens is 324 g/mol. The van der Waals surface area contributed by atoms with E-state index in [1.807, 2.05) is 0 Å². The van der Waals surface area contributed by atoms with Crippen LogP contribution in [0.25, 0.3) is 0 Å². The predicted octanol–water partition coefficient (Wildman–Crippen LogP) is 3.23. The number of rotatable bonds is 4. The maximum absolute atomic E-state index is 12.2. The number of piperidine rings is 3. The number of carbonyl (C=O) groups excluding carboxylic acids is 1. The molecule has 3 aliphatic heterocycles. The summed E-state index contributed by atoms with van der Waals surface area (Å²) in [4.78, 5) is 17.5. The molecule has 4 rings (SSSR count). The zero-order valence-corrected chi connectivity index (χ0v) is 16.2. The van der Waals surface area contributed by atoms with Gasteiger partial charge in [-0.25, -0.2) is 0 Å². The van der Waals surface area contributed by atoms with Gasteiger partial charge in [-0.15, -0.1) is 0 Å². The first kappa shape index (κ1) is 18.0. The number of aryl methyl sites for hydroxylation is 1. The van der Waals surface area contributed by atoms with Crippen LogP contribution in [0.2, 0.25) is 0 Å². The number of nitrogens with zero attached hydrogens (tertiary/aromatic N) is 2. The number of ether oxygens (including phenoxy) is 1. The van der Waals surface area contributed by atoms with Crippen LogP contribution in [0, 0.1) is 18.8 Å². The predicted molar refractivity (Wildman–Crippen MR) is 103 cm³/mol. The van der Waals surface area contributed by atoms with Crippen molar-refractivity contribution in [3.05, 3.63) is 35.4 Å². The number of esters is 1. The molecule has 3 aliphatic rings. The summed E-state index contributed by atoms with van der Waals surface area (Å²) in [6.45, 7) is 6.70. The lowest BCUT2D eigenvalue weighted by Gasteiger charge is -2.57. The third-order valence-corrected chi connectivity index (χ3v) is 6.89. The van der Waals surface area contributed by atoms with Gasteiger partial charge in [0.2, 0.25) is 0 Å². The Morgan fingerprint density at radius 3 is 2.62 bits per heavy atom. The first-order valence-electron chi connectivity index (χ1n) is 10.3. The smallest absolute Gasteiger partial charge is 0.307 e. The molecule has 3 saturated heterocycles. The van der Waals surface area contributed by atoms with Gasteiger partial charge < -0.3 is 4.74 Å². The Kier molecular flexibility index (Phi) is 5.32. The Morgan fingerprint density at radius 1 is 1.15 bits per heavy atom. The minimum atomic E-state index is -0.0599. The van der Waals surface area contributed by atoms with Gasteiger partial charge >= 0.3 is 5.97 Å². The van der Waals surface area contributed by atoms with Crippen molar-refractivity contribution >= 4 is 5.97 Å². The van der Waals surface area contributed by atoms with Crippen LogP contribution in [-0.2, 0) is 16.1 Å². The van der Waals surface area contributed by atoms with Crippen LogP contribution in [0.4, 0.5) is 0 Å². The molecule has 3 fully saturated rings. The van der Waals surface area contributed by atoms with E-state index < -0.39 is 0 Å². The van der Waals surface area contributed by atoms with E-state index in [4.69, 9.17) is 4.74 Å². The van der Waals surface area contributed by atoms with Crippen molar-refractivity contribution < 1.29 is 9.53 Å². The normalized spacial score (nSPS) is 32.1. The van der Waals surface area contributed by atoms with Crippen LogP contribution >= 0.6 is 0 Å². The average Bonchev–Trinajstić information content (AvgIpc) is 2.66. The molecule has 1 aromatic carbocycles. The van der Waals surface area contributed by atoms with Crippen LogP contribution in [0.5, 0.6) is 0 Å². The Bertz CT molecular complexity index is 628. The number of carbonyl (C=O) groups is 1. The van der Waals surface area contributed by atoms with Crippen molar-refractivity contribution in [2.75, 3.05) is 26.7 Å².